The number of amides is 3. The summed E-state index contributed by atoms with van der Waals surface area (Å²) in [4.78, 5) is 31.4. The van der Waals surface area contributed by atoms with E-state index in [1.54, 1.807) is 30.5 Å². The normalized spacial score (nSPS) is 17.3. The van der Waals surface area contributed by atoms with Crippen molar-refractivity contribution in [1.82, 2.24) is 20.6 Å². The number of rotatable bonds is 2. The Morgan fingerprint density at radius 2 is 2.04 bits per heavy atom. The quantitative estimate of drug-likeness (QED) is 0.614. The van der Waals surface area contributed by atoms with Crippen LogP contribution in [0.3, 0.4) is 0 Å². The predicted molar refractivity (Wildman–Crippen MR) is 81.1 cm³/mol. The average Bonchev–Trinajstić information content (AvgIpc) is 3.09. The number of aromatic nitrogens is 2. The van der Waals surface area contributed by atoms with Crippen LogP contribution in [-0.2, 0) is 4.79 Å². The molecule has 0 aliphatic carbocycles. The molecule has 8 nitrogen and oxygen atoms in total. The maximum atomic E-state index is 11.7. The van der Waals surface area contributed by atoms with Gasteiger partial charge in [0.2, 0.25) is 0 Å². The number of imide groups is 1. The molecule has 3 aromatic heterocycles. The summed E-state index contributed by atoms with van der Waals surface area (Å²) >= 11 is 0. The Bertz CT molecular complexity index is 932. The molecule has 0 saturated carbocycles. The fourth-order valence-corrected chi connectivity index (χ4v) is 2.42. The molecule has 0 aromatic carbocycles. The molecule has 1 unspecified atom stereocenters. The molecule has 1 atom stereocenters. The van der Waals surface area contributed by atoms with Crippen LogP contribution in [0.25, 0.3) is 22.4 Å². The smallest absolute Gasteiger partial charge is 0.322 e. The molecule has 4 heterocycles. The van der Waals surface area contributed by atoms with Gasteiger partial charge >= 0.3 is 6.03 Å². The minimum atomic E-state index is -0.835. The first-order valence-corrected chi connectivity index (χ1v) is 6.84. The van der Waals surface area contributed by atoms with Crippen LogP contribution in [0.2, 0.25) is 0 Å². The van der Waals surface area contributed by atoms with Crippen molar-refractivity contribution in [2.75, 3.05) is 5.73 Å². The van der Waals surface area contributed by atoms with Gasteiger partial charge in [0.05, 0.1) is 5.69 Å². The first kappa shape index (κ1) is 13.3. The highest BCUT2D eigenvalue weighted by molar-refractivity contribution is 6.04. The van der Waals surface area contributed by atoms with E-state index < -0.39 is 18.0 Å². The number of nitrogens with one attached hydrogen (secondary N) is 2. The van der Waals surface area contributed by atoms with E-state index in [2.05, 4.69) is 20.6 Å². The summed E-state index contributed by atoms with van der Waals surface area (Å²) in [5.74, 6) is 0.323. The highest BCUT2D eigenvalue weighted by Crippen LogP contribution is 2.27. The number of carbonyl (C=O) groups is 2. The van der Waals surface area contributed by atoms with E-state index in [9.17, 15) is 9.59 Å². The van der Waals surface area contributed by atoms with Crippen LogP contribution in [0, 0.1) is 0 Å². The molecule has 23 heavy (non-hydrogen) atoms. The molecular weight excluding hydrogens is 298 g/mol. The zero-order chi connectivity index (χ0) is 16.0. The van der Waals surface area contributed by atoms with Crippen LogP contribution in [0.5, 0.6) is 0 Å². The average molecular weight is 309 g/mol. The summed E-state index contributed by atoms with van der Waals surface area (Å²) in [6, 6.07) is 7.32. The maximum Gasteiger partial charge on any atom is 0.322 e. The minimum Gasteiger partial charge on any atom is -0.457 e. The topological polar surface area (TPSA) is 123 Å². The van der Waals surface area contributed by atoms with E-state index in [0.717, 1.165) is 5.56 Å². The number of nitrogens with two attached hydrogens (primary N) is 1. The zero-order valence-corrected chi connectivity index (χ0v) is 11.7. The third-order valence-electron chi connectivity index (χ3n) is 3.53. The van der Waals surface area contributed by atoms with E-state index in [0.29, 0.717) is 28.4 Å². The lowest BCUT2D eigenvalue weighted by molar-refractivity contribution is -0.120. The van der Waals surface area contributed by atoms with E-state index >= 15 is 0 Å². The van der Waals surface area contributed by atoms with E-state index in [1.165, 1.54) is 0 Å². The van der Waals surface area contributed by atoms with Crippen LogP contribution in [-0.4, -0.2) is 21.9 Å². The fourth-order valence-electron chi connectivity index (χ4n) is 2.42. The molecule has 0 bridgehead atoms. The van der Waals surface area contributed by atoms with Gasteiger partial charge in [0.1, 0.15) is 17.1 Å². The predicted octanol–water partition coefficient (Wildman–Crippen LogP) is 1.35. The Balaban J connectivity index is 1.74. The Morgan fingerprint density at radius 1 is 1.17 bits per heavy atom. The van der Waals surface area contributed by atoms with Crippen molar-refractivity contribution in [3.63, 3.8) is 0 Å². The van der Waals surface area contributed by atoms with Crippen molar-refractivity contribution in [3.8, 4) is 11.3 Å². The fraction of sp³-hybridized carbons (Fsp3) is 0.0667. The van der Waals surface area contributed by atoms with Gasteiger partial charge in [-0.1, -0.05) is 0 Å². The van der Waals surface area contributed by atoms with Gasteiger partial charge in [-0.3, -0.25) is 10.1 Å². The molecule has 114 valence electrons. The molecular formula is C15H11N5O3. The van der Waals surface area contributed by atoms with Crippen LogP contribution in [0.15, 0.2) is 40.9 Å². The maximum absolute atomic E-state index is 11.7. The number of fused-ring (bicyclic) bond motifs is 1. The first-order valence-electron chi connectivity index (χ1n) is 6.84. The highest BCUT2D eigenvalue weighted by atomic mass is 16.3. The second-order valence-electron chi connectivity index (χ2n) is 5.10. The summed E-state index contributed by atoms with van der Waals surface area (Å²) in [7, 11) is 0. The molecule has 3 amide bonds. The molecule has 8 heteroatoms. The van der Waals surface area contributed by atoms with Crippen LogP contribution >= 0.6 is 0 Å². The lowest BCUT2D eigenvalue weighted by atomic mass is 10.2. The summed E-state index contributed by atoms with van der Waals surface area (Å²) in [5.41, 5.74) is 8.21. The molecule has 0 spiro atoms. The van der Waals surface area contributed by atoms with Crippen LogP contribution in [0.1, 0.15) is 11.8 Å². The second-order valence-corrected chi connectivity index (χ2v) is 5.10. The largest absolute Gasteiger partial charge is 0.457 e. The summed E-state index contributed by atoms with van der Waals surface area (Å²) in [6.45, 7) is 0. The van der Waals surface area contributed by atoms with Crippen molar-refractivity contribution >= 4 is 28.9 Å². The molecule has 4 rings (SSSR count). The summed E-state index contributed by atoms with van der Waals surface area (Å²) in [5, 5.41) is 4.65. The number of nitrogen functional groups attached to an aromatic ring is 1. The number of anilines is 1. The van der Waals surface area contributed by atoms with Gasteiger partial charge in [-0.05, 0) is 24.3 Å². The van der Waals surface area contributed by atoms with Gasteiger partial charge in [-0.2, -0.15) is 0 Å². The van der Waals surface area contributed by atoms with Crippen molar-refractivity contribution in [1.29, 1.82) is 0 Å². The SMILES string of the molecule is Nc1ccc(-c2ccc3oc(C4NC(=O)NC4=O)cc3n2)cn1. The van der Waals surface area contributed by atoms with E-state index in [1.807, 2.05) is 6.07 Å². The minimum absolute atomic E-state index is 0.337. The zero-order valence-electron chi connectivity index (χ0n) is 11.7. The van der Waals surface area contributed by atoms with Crippen molar-refractivity contribution < 1.29 is 14.0 Å². The van der Waals surface area contributed by atoms with Crippen molar-refractivity contribution in [2.45, 2.75) is 6.04 Å². The number of urea groups is 1. The molecule has 3 aromatic rings. The van der Waals surface area contributed by atoms with Crippen LogP contribution in [0.4, 0.5) is 10.6 Å². The van der Waals surface area contributed by atoms with E-state index in [4.69, 9.17) is 10.2 Å². The molecule has 1 saturated heterocycles. The van der Waals surface area contributed by atoms with Crippen LogP contribution < -0.4 is 16.4 Å². The summed E-state index contributed by atoms with van der Waals surface area (Å²) in [6.07, 6.45) is 1.63. The Kier molecular flexibility index (Phi) is 2.77. The van der Waals surface area contributed by atoms with Gasteiger partial charge in [0.25, 0.3) is 5.91 Å². The number of furan rings is 1. The van der Waals surface area contributed by atoms with Gasteiger partial charge < -0.3 is 15.5 Å². The number of nitrogens with zero attached hydrogens (tertiary/aromatic N) is 2. The molecule has 1 aliphatic heterocycles. The number of hydrogen-bond acceptors (Lipinski definition) is 6. The van der Waals surface area contributed by atoms with Gasteiger partial charge in [0, 0.05) is 17.8 Å². The van der Waals surface area contributed by atoms with Gasteiger partial charge in [-0.25, -0.2) is 14.8 Å². The number of pyridine rings is 2. The molecule has 1 aliphatic rings. The number of carbonyl (C=O) groups excluding carboxylic acids is 2. The Morgan fingerprint density at radius 3 is 2.74 bits per heavy atom. The monoisotopic (exact) mass is 309 g/mol. The molecule has 4 N–H and O–H groups in total. The van der Waals surface area contributed by atoms with Gasteiger partial charge in [-0.15, -0.1) is 0 Å². The van der Waals surface area contributed by atoms with Gasteiger partial charge in [0.15, 0.2) is 11.6 Å². The van der Waals surface area contributed by atoms with Crippen molar-refractivity contribution in [3.05, 3.63) is 42.3 Å². The van der Waals surface area contributed by atoms with E-state index in [-0.39, 0.29) is 0 Å². The Labute approximate surface area is 129 Å². The lowest BCUT2D eigenvalue weighted by Gasteiger charge is -2.00. The van der Waals surface area contributed by atoms with Crippen molar-refractivity contribution in [2.24, 2.45) is 0 Å². The Hall–Kier alpha value is -3.42. The molecule has 0 radical (unpaired) electrons. The number of hydrogen-bond donors (Lipinski definition) is 3. The third kappa shape index (κ3) is 2.26. The highest BCUT2D eigenvalue weighted by Gasteiger charge is 2.33. The second kappa shape index (κ2) is 4.80. The third-order valence-corrected chi connectivity index (χ3v) is 3.53. The standard InChI is InChI=1S/C15H11N5O3/c16-12-4-1-7(6-17-12)8-2-3-10-9(18-8)5-11(23-10)13-14(21)20-15(22)19-13/h1-6,13H,(H2,16,17)(H2,19,20,21,22). The first-order chi connectivity index (χ1) is 11.1. The molecule has 1 fully saturated rings. The lowest BCUT2D eigenvalue weighted by Crippen LogP contribution is -2.22. The summed E-state index contributed by atoms with van der Waals surface area (Å²) < 4.78 is 5.61.